The van der Waals surface area contributed by atoms with Gasteiger partial charge in [0.15, 0.2) is 18.9 Å². The molecule has 23 atom stereocenters. The quantitative estimate of drug-likeness (QED) is 0.0250. The van der Waals surface area contributed by atoms with Crippen LogP contribution < -0.4 is 29.8 Å². The highest BCUT2D eigenvalue weighted by Crippen LogP contribution is 2.46. The van der Waals surface area contributed by atoms with Crippen LogP contribution in [0.2, 0.25) is 0 Å². The summed E-state index contributed by atoms with van der Waals surface area (Å²) in [6.07, 6.45) is -11.6. The fraction of sp³-hybridized carbons (Fsp3) is 0.984. The summed E-state index contributed by atoms with van der Waals surface area (Å²) in [7, 11) is -23.9. The predicted octanol–water partition coefficient (Wildman–Crippen LogP) is -1.30. The molecule has 4 saturated heterocycles. The van der Waals surface area contributed by atoms with Gasteiger partial charge in [0.1, 0.15) is 54.9 Å². The minimum absolute atomic E-state index is 0.0102. The second kappa shape index (κ2) is 51.4. The van der Waals surface area contributed by atoms with Crippen LogP contribution in [-0.2, 0) is 120 Å². The molecule has 0 saturated carbocycles. The standard InChI is InChI=1S/C61H120NO40P5/c1-42-33-46(102-103(73,74)83-5)50(98-42)37-96-107(81,82)97-41-61(38-84-21-18-30-93-104(75,76)90-27-15-9-6-12-24-87-58-43(2)52(67)54(69)47(34-63)99-58,39-85-22-19-31-94-105(77,78)91-28-16-10-7-13-25-88-59-44(3)53(68)55(70)48(35-64)100-59)40-86-23-20-32-95-106(79,80)92-29-17-11-8-14-26-89-60-51(62-45(4)66)57(72)56(71)49(36-65)101-60/h42-44,46-60,63-65,67-72H,6-41H2,1-5H3,(H,62,66)(H,73,74)(H,75,76)(H,77,78)(H,79,80)(H,81,82)/p-5/t42-,43?,44?,46-,47?,48?,49?,50+,51?,52+,53+,54-,55-,56-,57+,58+,59+,60+,61?/m0/s1. The van der Waals surface area contributed by atoms with Gasteiger partial charge in [-0.15, -0.1) is 0 Å². The highest BCUT2D eigenvalue weighted by Gasteiger charge is 2.47. The summed E-state index contributed by atoms with van der Waals surface area (Å²) in [5, 5.41) is 92.4. The van der Waals surface area contributed by atoms with Crippen molar-refractivity contribution in [1.82, 2.24) is 5.32 Å². The number of hydrogen-bond donors (Lipinski definition) is 10. The van der Waals surface area contributed by atoms with Gasteiger partial charge < -0.3 is 168 Å². The maximum absolute atomic E-state index is 13.5. The van der Waals surface area contributed by atoms with E-state index in [2.05, 4.69) is 9.84 Å². The van der Waals surface area contributed by atoms with Gasteiger partial charge in [-0.05, 0) is 64.7 Å². The number of carbonyl (C=O) groups excluding carboxylic acids is 1. The van der Waals surface area contributed by atoms with E-state index < -0.39 is 233 Å². The molecule has 4 fully saturated rings. The van der Waals surface area contributed by atoms with E-state index in [0.29, 0.717) is 70.6 Å². The normalized spacial score (nSPS) is 31.3. The van der Waals surface area contributed by atoms with E-state index in [1.54, 1.807) is 20.8 Å². The third-order valence-electron chi connectivity index (χ3n) is 17.4. The lowest BCUT2D eigenvalue weighted by Gasteiger charge is -2.42. The molecule has 0 radical (unpaired) electrons. The van der Waals surface area contributed by atoms with E-state index in [9.17, 15) is 98.0 Å². The van der Waals surface area contributed by atoms with Crippen LogP contribution in [0.5, 0.6) is 0 Å². The maximum Gasteiger partial charge on any atom is 0.267 e. The fourth-order valence-electron chi connectivity index (χ4n) is 11.3. The molecule has 0 aromatic rings. The lowest BCUT2D eigenvalue weighted by molar-refractivity contribution is -0.282. The summed E-state index contributed by atoms with van der Waals surface area (Å²) in [6, 6.07) is -1.12. The third kappa shape index (κ3) is 38.3. The number of hydrogen-bond acceptors (Lipinski definition) is 40. The topological polar surface area (TPSA) is 596 Å². The number of aliphatic hydroxyl groups is 9. The summed E-state index contributed by atoms with van der Waals surface area (Å²) >= 11 is 0. The Kier molecular flexibility index (Phi) is 47.3. The smallest absolute Gasteiger partial charge is 0.267 e. The number of phosphoric acid groups is 5. The number of unbranched alkanes of at least 4 members (excludes halogenated alkanes) is 9. The van der Waals surface area contributed by atoms with Gasteiger partial charge in [0, 0.05) is 71.9 Å². The summed E-state index contributed by atoms with van der Waals surface area (Å²) in [4.78, 5) is 75.6. The van der Waals surface area contributed by atoms with Crippen molar-refractivity contribution < 1.29 is 191 Å². The predicted molar refractivity (Wildman–Crippen MR) is 358 cm³/mol. The van der Waals surface area contributed by atoms with Crippen molar-refractivity contribution in [2.24, 2.45) is 17.3 Å². The van der Waals surface area contributed by atoms with E-state index >= 15 is 0 Å². The summed E-state index contributed by atoms with van der Waals surface area (Å²) in [6.45, 7) is -0.858. The Morgan fingerprint density at radius 2 is 0.748 bits per heavy atom. The first-order valence-electron chi connectivity index (χ1n) is 36.0. The Morgan fingerprint density at radius 3 is 1.11 bits per heavy atom. The molecule has 41 nitrogen and oxygen atoms in total. The third-order valence-corrected chi connectivity index (χ3v) is 22.3. The van der Waals surface area contributed by atoms with Crippen molar-refractivity contribution >= 4 is 45.0 Å². The highest BCUT2D eigenvalue weighted by molar-refractivity contribution is 7.46. The Balaban J connectivity index is 1.33. The van der Waals surface area contributed by atoms with Crippen molar-refractivity contribution in [3.8, 4) is 0 Å². The van der Waals surface area contributed by atoms with Crippen molar-refractivity contribution in [2.45, 2.75) is 229 Å². The molecule has 0 aliphatic carbocycles. The van der Waals surface area contributed by atoms with Crippen LogP contribution >= 0.6 is 39.1 Å². The van der Waals surface area contributed by atoms with Crippen molar-refractivity contribution in [3.05, 3.63) is 0 Å². The number of ether oxygens (including phenoxy) is 10. The van der Waals surface area contributed by atoms with Gasteiger partial charge in [-0.2, -0.15) is 0 Å². The number of carbonyl (C=O) groups is 1. The second-order valence-corrected chi connectivity index (χ2v) is 33.6. The first-order valence-corrected chi connectivity index (χ1v) is 43.3. The molecule has 0 bridgehead atoms. The molecule has 0 aromatic heterocycles. The van der Waals surface area contributed by atoms with Crippen molar-refractivity contribution in [2.75, 3.05) is 139 Å². The molecular formula is C61H115NO40P5-5. The summed E-state index contributed by atoms with van der Waals surface area (Å²) < 4.78 is 171. The first-order chi connectivity index (χ1) is 50.6. The molecule has 4 aliphatic rings. The zero-order valence-corrected chi connectivity index (χ0v) is 65.7. The molecule has 4 rings (SSSR count). The van der Waals surface area contributed by atoms with Crippen molar-refractivity contribution in [3.63, 3.8) is 0 Å². The Morgan fingerprint density at radius 1 is 0.411 bits per heavy atom. The largest absolute Gasteiger partial charge is 0.756 e. The summed E-state index contributed by atoms with van der Waals surface area (Å²) in [5.74, 6) is -1.65. The zero-order valence-electron chi connectivity index (χ0n) is 61.3. The van der Waals surface area contributed by atoms with E-state index in [1.807, 2.05) is 0 Å². The number of amides is 1. The van der Waals surface area contributed by atoms with E-state index in [0.717, 1.165) is 7.11 Å². The average Bonchev–Trinajstić information content (AvgIpc) is 1.36. The molecular weight excluding hydrogens is 1540 g/mol. The lowest BCUT2D eigenvalue weighted by Crippen LogP contribution is -2.64. The van der Waals surface area contributed by atoms with Gasteiger partial charge in [0.25, 0.3) is 39.1 Å². The van der Waals surface area contributed by atoms with Gasteiger partial charge in [-0.3, -0.25) is 27.6 Å². The molecule has 0 aromatic carbocycles. The lowest BCUT2D eigenvalue weighted by atomic mass is 9.92. The van der Waals surface area contributed by atoms with Crippen LogP contribution in [-0.4, -0.2) is 289 Å². The van der Waals surface area contributed by atoms with Crippen LogP contribution in [0, 0.1) is 17.3 Å². The molecule has 0 spiro atoms. The average molecular weight is 1660 g/mol. The maximum atomic E-state index is 13.5. The molecule has 4 aliphatic heterocycles. The molecule has 634 valence electrons. The minimum atomic E-state index is -5.39. The summed E-state index contributed by atoms with van der Waals surface area (Å²) in [5.41, 5.74) is -1.65. The van der Waals surface area contributed by atoms with Crippen LogP contribution in [0.3, 0.4) is 0 Å². The molecule has 10 N–H and O–H groups in total. The monoisotopic (exact) mass is 1660 g/mol. The fourth-order valence-corrected chi connectivity index (χ4v) is 15.1. The van der Waals surface area contributed by atoms with Gasteiger partial charge >= 0.3 is 0 Å². The molecule has 107 heavy (non-hydrogen) atoms. The number of phosphoric ester groups is 5. The van der Waals surface area contributed by atoms with E-state index in [4.69, 9.17) is 88.1 Å². The van der Waals surface area contributed by atoms with Crippen molar-refractivity contribution in [1.29, 1.82) is 0 Å². The Hall–Kier alpha value is -0.740. The zero-order chi connectivity index (χ0) is 79.3. The highest BCUT2D eigenvalue weighted by atomic mass is 31.2. The first kappa shape index (κ1) is 98.6. The van der Waals surface area contributed by atoms with Gasteiger partial charge in [0.05, 0.1) is 122 Å². The Labute approximate surface area is 623 Å². The molecule has 46 heteroatoms. The number of aliphatic hydroxyl groups excluding tert-OH is 9. The van der Waals surface area contributed by atoms with E-state index in [1.165, 1.54) is 6.92 Å². The number of rotatable bonds is 61. The Bertz CT molecular complexity index is 2580. The number of nitrogens with one attached hydrogen (secondary N) is 1. The molecule has 11 unspecified atom stereocenters. The van der Waals surface area contributed by atoms with Crippen LogP contribution in [0.15, 0.2) is 0 Å². The molecule has 1 amide bonds. The molecule has 4 heterocycles. The van der Waals surface area contributed by atoms with Crippen LogP contribution in [0.25, 0.3) is 0 Å². The second-order valence-electron chi connectivity index (χ2n) is 26.5. The minimum Gasteiger partial charge on any atom is -0.756 e. The van der Waals surface area contributed by atoms with Gasteiger partial charge in [-0.25, -0.2) is 0 Å². The SMILES string of the molecule is COP(=O)([O-])O[C@H]1C[C@H](C)O[C@@H]1COP(=O)([O-])OCC(COCCCOP(=O)([O-])OCCCCCCO[C@@H]1OC(CO)[C@H](O)[C@H](O)C1C)(COCCCOP(=O)([O-])OCCCCCCO[C@@H]1OC(CO)[C@H](O)[C@H](O)C1C)COCCCOP(=O)([O-])OCCCCCCO[C@@H]1OC(CO)[C@H](O)[C@H](O)C1NC(C)=O. The van der Waals surface area contributed by atoms with Gasteiger partial charge in [-0.1, -0.05) is 52.4 Å². The van der Waals surface area contributed by atoms with Crippen LogP contribution in [0.1, 0.15) is 130 Å². The van der Waals surface area contributed by atoms with E-state index in [-0.39, 0.29) is 91.6 Å². The van der Waals surface area contributed by atoms with Gasteiger partial charge in [0.2, 0.25) is 5.91 Å². The van der Waals surface area contributed by atoms with Crippen LogP contribution in [0.4, 0.5) is 0 Å².